The molecule has 0 unspecified atom stereocenters. The Morgan fingerprint density at radius 1 is 1.73 bits per heavy atom. The van der Waals surface area contributed by atoms with Crippen LogP contribution in [0.4, 0.5) is 0 Å². The fourth-order valence-electron chi connectivity index (χ4n) is 0.964. The van der Waals surface area contributed by atoms with Gasteiger partial charge in [0.15, 0.2) is 0 Å². The lowest BCUT2D eigenvalue weighted by Crippen LogP contribution is -2.05. The first-order valence-corrected chi connectivity index (χ1v) is 4.31. The van der Waals surface area contributed by atoms with E-state index >= 15 is 0 Å². The van der Waals surface area contributed by atoms with Crippen molar-refractivity contribution >= 4 is 17.6 Å². The molecule has 0 radical (unpaired) electrons. The topological polar surface area (TPSA) is 88.0 Å². The monoisotopic (exact) mass is 226 g/mol. The Hall–Kier alpha value is -1.78. The fraction of sp³-hybridized carbons (Fsp3) is 0.250. The molecule has 0 spiro atoms. The SMILES string of the molecule is COC(=O)c1cc(CN=[N+]=[N-])cc(Cl)n1. The van der Waals surface area contributed by atoms with E-state index < -0.39 is 5.97 Å². The van der Waals surface area contributed by atoms with Crippen LogP contribution in [0, 0.1) is 0 Å². The fourth-order valence-corrected chi connectivity index (χ4v) is 1.19. The smallest absolute Gasteiger partial charge is 0.356 e. The van der Waals surface area contributed by atoms with Crippen molar-refractivity contribution in [1.82, 2.24) is 4.98 Å². The van der Waals surface area contributed by atoms with Crippen molar-refractivity contribution in [3.05, 3.63) is 39.0 Å². The van der Waals surface area contributed by atoms with E-state index in [1.165, 1.54) is 19.2 Å². The van der Waals surface area contributed by atoms with E-state index in [9.17, 15) is 4.79 Å². The zero-order chi connectivity index (χ0) is 11.3. The molecule has 78 valence electrons. The van der Waals surface area contributed by atoms with Gasteiger partial charge in [-0.3, -0.25) is 0 Å². The van der Waals surface area contributed by atoms with Crippen LogP contribution in [0.25, 0.3) is 10.4 Å². The average Bonchev–Trinajstić information content (AvgIpc) is 2.24. The van der Waals surface area contributed by atoms with Crippen molar-refractivity contribution in [2.75, 3.05) is 7.11 Å². The van der Waals surface area contributed by atoms with Crippen molar-refractivity contribution in [3.63, 3.8) is 0 Å². The minimum atomic E-state index is -0.584. The van der Waals surface area contributed by atoms with Crippen molar-refractivity contribution in [3.8, 4) is 0 Å². The zero-order valence-electron chi connectivity index (χ0n) is 7.85. The van der Waals surface area contributed by atoms with Gasteiger partial charge in [-0.2, -0.15) is 0 Å². The lowest BCUT2D eigenvalue weighted by molar-refractivity contribution is 0.0594. The molecule has 7 heteroatoms. The highest BCUT2D eigenvalue weighted by atomic mass is 35.5. The van der Waals surface area contributed by atoms with Gasteiger partial charge in [0.05, 0.1) is 13.7 Å². The lowest BCUT2D eigenvalue weighted by atomic mass is 10.2. The minimum absolute atomic E-state index is 0.0909. The summed E-state index contributed by atoms with van der Waals surface area (Å²) in [5.74, 6) is -0.584. The highest BCUT2D eigenvalue weighted by molar-refractivity contribution is 6.29. The summed E-state index contributed by atoms with van der Waals surface area (Å²) >= 11 is 5.68. The first-order chi connectivity index (χ1) is 7.17. The van der Waals surface area contributed by atoms with Gasteiger partial charge in [0.1, 0.15) is 10.8 Å². The number of esters is 1. The van der Waals surface area contributed by atoms with Crippen molar-refractivity contribution in [2.45, 2.75) is 6.54 Å². The largest absolute Gasteiger partial charge is 0.464 e. The molecule has 0 aromatic carbocycles. The molecule has 0 fully saturated rings. The number of aromatic nitrogens is 1. The molecule has 6 nitrogen and oxygen atoms in total. The van der Waals surface area contributed by atoms with Gasteiger partial charge in [0, 0.05) is 4.91 Å². The molecule has 0 saturated carbocycles. The minimum Gasteiger partial charge on any atom is -0.464 e. The second kappa shape index (κ2) is 5.19. The Bertz CT molecular complexity index is 429. The van der Waals surface area contributed by atoms with Gasteiger partial charge < -0.3 is 4.74 Å². The van der Waals surface area contributed by atoms with Gasteiger partial charge in [0.25, 0.3) is 0 Å². The maximum atomic E-state index is 11.1. The van der Waals surface area contributed by atoms with Crippen LogP contribution < -0.4 is 0 Å². The van der Waals surface area contributed by atoms with Gasteiger partial charge in [-0.05, 0) is 23.2 Å². The van der Waals surface area contributed by atoms with Crippen molar-refractivity contribution < 1.29 is 9.53 Å². The number of carbonyl (C=O) groups is 1. The van der Waals surface area contributed by atoms with E-state index in [1.807, 2.05) is 0 Å². The van der Waals surface area contributed by atoms with Crippen LogP contribution >= 0.6 is 11.6 Å². The third kappa shape index (κ3) is 3.12. The van der Waals surface area contributed by atoms with E-state index in [1.54, 1.807) is 0 Å². The summed E-state index contributed by atoms with van der Waals surface area (Å²) in [6.45, 7) is 0.114. The van der Waals surface area contributed by atoms with Crippen LogP contribution in [0.3, 0.4) is 0 Å². The lowest BCUT2D eigenvalue weighted by Gasteiger charge is -2.01. The summed E-state index contributed by atoms with van der Waals surface area (Å²) in [7, 11) is 1.25. The molecule has 0 amide bonds. The first-order valence-electron chi connectivity index (χ1n) is 3.93. The van der Waals surface area contributed by atoms with E-state index in [0.717, 1.165) is 0 Å². The van der Waals surface area contributed by atoms with Crippen LogP contribution in [0.5, 0.6) is 0 Å². The number of hydrogen-bond donors (Lipinski definition) is 0. The summed E-state index contributed by atoms with van der Waals surface area (Å²) in [6, 6.07) is 2.98. The first kappa shape index (κ1) is 11.3. The molecule has 1 aromatic heterocycles. The van der Waals surface area contributed by atoms with Crippen LogP contribution in [-0.4, -0.2) is 18.1 Å². The summed E-state index contributed by atoms with van der Waals surface area (Å²) in [5, 5.41) is 3.51. The summed E-state index contributed by atoms with van der Waals surface area (Å²) in [4.78, 5) is 17.5. The molecule has 1 heterocycles. The van der Waals surface area contributed by atoms with Crippen molar-refractivity contribution in [2.24, 2.45) is 5.11 Å². The number of pyridine rings is 1. The Morgan fingerprint density at radius 3 is 3.07 bits per heavy atom. The molecule has 0 aliphatic rings. The van der Waals surface area contributed by atoms with Crippen LogP contribution in [-0.2, 0) is 11.3 Å². The van der Waals surface area contributed by atoms with Gasteiger partial charge in [0.2, 0.25) is 0 Å². The molecule has 1 rings (SSSR count). The number of methoxy groups -OCH3 is 1. The number of azide groups is 1. The normalized spacial score (nSPS) is 9.20. The third-order valence-electron chi connectivity index (χ3n) is 1.56. The molecular weight excluding hydrogens is 220 g/mol. The van der Waals surface area contributed by atoms with Crippen LogP contribution in [0.15, 0.2) is 17.2 Å². The zero-order valence-corrected chi connectivity index (χ0v) is 8.60. The maximum Gasteiger partial charge on any atom is 0.356 e. The second-order valence-corrected chi connectivity index (χ2v) is 2.95. The van der Waals surface area contributed by atoms with E-state index in [4.69, 9.17) is 17.1 Å². The molecule has 0 N–H and O–H groups in total. The van der Waals surface area contributed by atoms with E-state index in [2.05, 4.69) is 19.7 Å². The summed E-state index contributed by atoms with van der Waals surface area (Å²) < 4.78 is 4.49. The van der Waals surface area contributed by atoms with Gasteiger partial charge in [-0.15, -0.1) is 0 Å². The second-order valence-electron chi connectivity index (χ2n) is 2.56. The van der Waals surface area contributed by atoms with Crippen LogP contribution in [0.1, 0.15) is 16.1 Å². The third-order valence-corrected chi connectivity index (χ3v) is 1.76. The predicted octanol–water partition coefficient (Wildman–Crippen LogP) is 2.33. The number of rotatable bonds is 3. The molecule has 0 atom stereocenters. The number of carbonyl (C=O) groups excluding carboxylic acids is 1. The Kier molecular flexibility index (Phi) is 3.91. The number of ether oxygens (including phenoxy) is 1. The average molecular weight is 227 g/mol. The molecular formula is C8H7ClN4O2. The van der Waals surface area contributed by atoms with Crippen LogP contribution in [0.2, 0.25) is 5.15 Å². The molecule has 0 aliphatic heterocycles. The van der Waals surface area contributed by atoms with Gasteiger partial charge in [-0.1, -0.05) is 16.7 Å². The maximum absolute atomic E-state index is 11.1. The molecule has 0 aliphatic carbocycles. The quantitative estimate of drug-likeness (QED) is 0.260. The highest BCUT2D eigenvalue weighted by Gasteiger charge is 2.09. The molecule has 1 aromatic rings. The standard InChI is InChI=1S/C8H7ClN4O2/c1-15-8(14)6-2-5(4-11-13-10)3-7(9)12-6/h2-3H,4H2,1H3. The molecule has 0 bridgehead atoms. The number of hydrogen-bond acceptors (Lipinski definition) is 4. The van der Waals surface area contributed by atoms with Gasteiger partial charge in [-0.25, -0.2) is 9.78 Å². The number of halogens is 1. The van der Waals surface area contributed by atoms with E-state index in [0.29, 0.717) is 5.56 Å². The summed E-state index contributed by atoms with van der Waals surface area (Å²) in [5.41, 5.74) is 8.84. The molecule has 0 saturated heterocycles. The van der Waals surface area contributed by atoms with Gasteiger partial charge >= 0.3 is 5.97 Å². The Balaban J connectivity index is 3.04. The molecule has 15 heavy (non-hydrogen) atoms. The summed E-state index contributed by atoms with van der Waals surface area (Å²) in [6.07, 6.45) is 0. The predicted molar refractivity (Wildman–Crippen MR) is 53.4 cm³/mol. The number of nitrogens with zero attached hydrogens (tertiary/aromatic N) is 4. The van der Waals surface area contributed by atoms with Crippen molar-refractivity contribution in [1.29, 1.82) is 0 Å². The highest BCUT2D eigenvalue weighted by Crippen LogP contribution is 2.12. The van der Waals surface area contributed by atoms with E-state index in [-0.39, 0.29) is 17.4 Å². The Labute approximate surface area is 90.5 Å². The Morgan fingerprint density at radius 2 is 2.47 bits per heavy atom.